The molecule has 0 radical (unpaired) electrons. The molecule has 0 aliphatic carbocycles. The van der Waals surface area contributed by atoms with Crippen molar-refractivity contribution >= 4 is 17.7 Å². The van der Waals surface area contributed by atoms with Gasteiger partial charge in [0.15, 0.2) is 0 Å². The van der Waals surface area contributed by atoms with Crippen molar-refractivity contribution < 1.29 is 29.3 Å². The Hall–Kier alpha value is -3.32. The summed E-state index contributed by atoms with van der Waals surface area (Å²) in [6, 6.07) is 14.6. The van der Waals surface area contributed by atoms with Crippen molar-refractivity contribution in [2.45, 2.75) is 39.7 Å². The third-order valence-corrected chi connectivity index (χ3v) is 5.00. The van der Waals surface area contributed by atoms with E-state index in [-0.39, 0.29) is 13.2 Å². The number of nitrogens with one attached hydrogen (secondary N) is 1. The minimum Gasteiger partial charge on any atom is -0.491 e. The summed E-state index contributed by atoms with van der Waals surface area (Å²) in [5.41, 5.74) is 1.82. The first kappa shape index (κ1) is 24.9. The van der Waals surface area contributed by atoms with Crippen LogP contribution >= 0.6 is 0 Å². The summed E-state index contributed by atoms with van der Waals surface area (Å²) in [6.45, 7) is 5.84. The molecule has 172 valence electrons. The van der Waals surface area contributed by atoms with E-state index in [2.05, 4.69) is 5.32 Å². The summed E-state index contributed by atoms with van der Waals surface area (Å²) < 4.78 is 11.6. The van der Waals surface area contributed by atoms with Gasteiger partial charge in [-0.2, -0.15) is 0 Å². The molecule has 0 aromatic heterocycles. The van der Waals surface area contributed by atoms with Gasteiger partial charge in [-0.05, 0) is 38.0 Å². The molecule has 32 heavy (non-hydrogen) atoms. The number of aliphatic hydroxyl groups is 1. The van der Waals surface area contributed by atoms with Gasteiger partial charge in [0.2, 0.25) is 0 Å². The van der Waals surface area contributed by atoms with E-state index < -0.39 is 23.6 Å². The van der Waals surface area contributed by atoms with E-state index >= 15 is 0 Å². The number of benzene rings is 2. The van der Waals surface area contributed by atoms with E-state index in [0.717, 1.165) is 11.6 Å². The lowest BCUT2D eigenvalue weighted by Crippen LogP contribution is -2.29. The van der Waals surface area contributed by atoms with Crippen LogP contribution in [0.15, 0.2) is 60.7 Å². The van der Waals surface area contributed by atoms with E-state index in [1.807, 2.05) is 51.1 Å². The molecule has 7 nitrogen and oxygen atoms in total. The molecule has 0 heterocycles. The molecule has 2 rings (SSSR count). The maximum Gasteiger partial charge on any atom is 0.412 e. The van der Waals surface area contributed by atoms with Crippen LogP contribution in [0.5, 0.6) is 5.75 Å². The standard InChI is InChI=1S/C25H31NO6/c1-18-11-13-19(14-12-18)26-24(30)32-23(25(2,3)15-7-6-10-22(28)29)20-8-4-5-9-21(20)31-17-16-27/h4-6,8-14,23,27H,7,15-17H2,1-3H3,(H,26,30)(H,28,29)/b10-6+/t23-/m1/s1. The van der Waals surface area contributed by atoms with Gasteiger partial charge in [0, 0.05) is 22.7 Å². The Morgan fingerprint density at radius 2 is 1.81 bits per heavy atom. The highest BCUT2D eigenvalue weighted by Crippen LogP contribution is 2.44. The van der Waals surface area contributed by atoms with Gasteiger partial charge in [-0.15, -0.1) is 0 Å². The molecule has 0 unspecified atom stereocenters. The van der Waals surface area contributed by atoms with Crippen LogP contribution in [0.2, 0.25) is 0 Å². The maximum absolute atomic E-state index is 12.8. The first-order valence-electron chi connectivity index (χ1n) is 10.5. The highest BCUT2D eigenvalue weighted by Gasteiger charge is 2.35. The van der Waals surface area contributed by atoms with Crippen LogP contribution in [0.1, 0.15) is 43.9 Å². The Morgan fingerprint density at radius 3 is 2.47 bits per heavy atom. The number of aryl methyl sites for hydroxylation is 1. The zero-order valence-electron chi connectivity index (χ0n) is 18.7. The number of carboxylic acids is 1. The van der Waals surface area contributed by atoms with Crippen LogP contribution in [-0.4, -0.2) is 35.5 Å². The molecule has 0 aliphatic rings. The lowest BCUT2D eigenvalue weighted by atomic mass is 9.78. The molecule has 7 heteroatoms. The van der Waals surface area contributed by atoms with E-state index in [4.69, 9.17) is 19.7 Å². The number of hydrogen-bond acceptors (Lipinski definition) is 5. The predicted octanol–water partition coefficient (Wildman–Crippen LogP) is 5.10. The molecule has 0 bridgehead atoms. The molecule has 1 amide bonds. The quantitative estimate of drug-likeness (QED) is 0.419. The van der Waals surface area contributed by atoms with E-state index in [1.54, 1.807) is 24.3 Å². The average Bonchev–Trinajstić information content (AvgIpc) is 2.75. The van der Waals surface area contributed by atoms with E-state index in [0.29, 0.717) is 29.8 Å². The number of hydrogen-bond donors (Lipinski definition) is 3. The van der Waals surface area contributed by atoms with Crippen LogP contribution < -0.4 is 10.1 Å². The Bertz CT molecular complexity index is 920. The predicted molar refractivity (Wildman–Crippen MR) is 123 cm³/mol. The Kier molecular flexibility index (Phi) is 9.28. The number of carbonyl (C=O) groups is 2. The van der Waals surface area contributed by atoms with Crippen LogP contribution in [0, 0.1) is 12.3 Å². The second kappa shape index (κ2) is 11.9. The number of aliphatic hydroxyl groups excluding tert-OH is 1. The Balaban J connectivity index is 2.28. The number of carbonyl (C=O) groups excluding carboxylic acids is 1. The molecule has 3 N–H and O–H groups in total. The molecular weight excluding hydrogens is 410 g/mol. The molecule has 0 aliphatic heterocycles. The fraction of sp³-hybridized carbons (Fsp3) is 0.360. The average molecular weight is 442 g/mol. The summed E-state index contributed by atoms with van der Waals surface area (Å²) >= 11 is 0. The van der Waals surface area contributed by atoms with Gasteiger partial charge in [-0.25, -0.2) is 9.59 Å². The topological polar surface area (TPSA) is 105 Å². The van der Waals surface area contributed by atoms with Gasteiger partial charge >= 0.3 is 12.1 Å². The lowest BCUT2D eigenvalue weighted by Gasteiger charge is -2.35. The van der Waals surface area contributed by atoms with Crippen molar-refractivity contribution in [2.24, 2.45) is 5.41 Å². The zero-order chi connectivity index (χ0) is 23.6. The smallest absolute Gasteiger partial charge is 0.412 e. The number of aliphatic carboxylic acids is 1. The first-order chi connectivity index (χ1) is 15.2. The number of anilines is 1. The van der Waals surface area contributed by atoms with Crippen molar-refractivity contribution in [3.63, 3.8) is 0 Å². The SMILES string of the molecule is Cc1ccc(NC(=O)O[C@H](c2ccccc2OCCO)C(C)(C)CC/C=C/C(=O)O)cc1. The molecule has 0 fully saturated rings. The minimum absolute atomic E-state index is 0.112. The second-order valence-electron chi connectivity index (χ2n) is 8.15. The number of carboxylic acid groups (broad SMARTS) is 1. The fourth-order valence-electron chi connectivity index (χ4n) is 3.29. The summed E-state index contributed by atoms with van der Waals surface area (Å²) in [6.07, 6.45) is 2.47. The zero-order valence-corrected chi connectivity index (χ0v) is 18.7. The normalized spacial score (nSPS) is 12.4. The highest BCUT2D eigenvalue weighted by molar-refractivity contribution is 5.84. The Labute approximate surface area is 188 Å². The number of para-hydroxylation sites is 1. The summed E-state index contributed by atoms with van der Waals surface area (Å²) in [7, 11) is 0. The number of rotatable bonds is 11. The molecule has 0 spiro atoms. The van der Waals surface area contributed by atoms with Crippen molar-refractivity contribution in [3.8, 4) is 5.75 Å². The van der Waals surface area contributed by atoms with Crippen molar-refractivity contribution in [1.82, 2.24) is 0 Å². The number of amides is 1. The Morgan fingerprint density at radius 1 is 1.12 bits per heavy atom. The molecule has 2 aromatic rings. The van der Waals surface area contributed by atoms with E-state index in [1.165, 1.54) is 0 Å². The van der Waals surface area contributed by atoms with Gasteiger partial charge in [-0.3, -0.25) is 5.32 Å². The summed E-state index contributed by atoms with van der Waals surface area (Å²) in [4.78, 5) is 23.5. The second-order valence-corrected chi connectivity index (χ2v) is 8.15. The third-order valence-electron chi connectivity index (χ3n) is 5.00. The van der Waals surface area contributed by atoms with Crippen LogP contribution in [-0.2, 0) is 9.53 Å². The molecule has 2 aromatic carbocycles. The van der Waals surface area contributed by atoms with Gasteiger partial charge in [0.25, 0.3) is 0 Å². The molecule has 1 atom stereocenters. The monoisotopic (exact) mass is 441 g/mol. The lowest BCUT2D eigenvalue weighted by molar-refractivity contribution is -0.131. The van der Waals surface area contributed by atoms with Gasteiger partial charge in [0.1, 0.15) is 18.5 Å². The number of ether oxygens (including phenoxy) is 2. The number of allylic oxidation sites excluding steroid dienone is 1. The minimum atomic E-state index is -1.00. The largest absolute Gasteiger partial charge is 0.491 e. The summed E-state index contributed by atoms with van der Waals surface area (Å²) in [5, 5.41) is 20.7. The van der Waals surface area contributed by atoms with Crippen LogP contribution in [0.4, 0.5) is 10.5 Å². The van der Waals surface area contributed by atoms with Crippen LogP contribution in [0.3, 0.4) is 0 Å². The molecule has 0 saturated heterocycles. The van der Waals surface area contributed by atoms with Gasteiger partial charge < -0.3 is 19.7 Å². The maximum atomic E-state index is 12.8. The van der Waals surface area contributed by atoms with Crippen molar-refractivity contribution in [3.05, 3.63) is 71.8 Å². The molecule has 0 saturated carbocycles. The van der Waals surface area contributed by atoms with E-state index in [9.17, 15) is 9.59 Å². The van der Waals surface area contributed by atoms with Crippen molar-refractivity contribution in [1.29, 1.82) is 0 Å². The molecular formula is C25H31NO6. The summed E-state index contributed by atoms with van der Waals surface area (Å²) in [5.74, 6) is -0.486. The first-order valence-corrected chi connectivity index (χ1v) is 10.5. The fourth-order valence-corrected chi connectivity index (χ4v) is 3.29. The van der Waals surface area contributed by atoms with Gasteiger partial charge in [0.05, 0.1) is 6.61 Å². The highest BCUT2D eigenvalue weighted by atomic mass is 16.6. The van der Waals surface area contributed by atoms with Crippen LogP contribution in [0.25, 0.3) is 0 Å². The van der Waals surface area contributed by atoms with Gasteiger partial charge in [-0.1, -0.05) is 55.8 Å². The third kappa shape index (κ3) is 7.74. The van der Waals surface area contributed by atoms with Crippen molar-refractivity contribution in [2.75, 3.05) is 18.5 Å².